The molecule has 3 rings (SSSR count). The Morgan fingerprint density at radius 2 is 1.96 bits per heavy atom. The summed E-state index contributed by atoms with van der Waals surface area (Å²) < 4.78 is 5.99. The third-order valence-electron chi connectivity index (χ3n) is 4.03. The highest BCUT2D eigenvalue weighted by Crippen LogP contribution is 2.28. The smallest absolute Gasteiger partial charge is 0.407 e. The lowest BCUT2D eigenvalue weighted by Crippen LogP contribution is -2.35. The molecule has 7 heteroatoms. The Hall–Kier alpha value is -2.35. The molecule has 4 N–H and O–H groups in total. The maximum atomic E-state index is 11.7. The SMILES string of the molecule is O=C(NCC(O)C(O)c1c[nH]c2cc(Br)ccc12)OCc1ccccc1. The molecular formula is C19H19BrN2O4. The summed E-state index contributed by atoms with van der Waals surface area (Å²) in [6.07, 6.45) is -1.30. The largest absolute Gasteiger partial charge is 0.445 e. The molecule has 2 unspecified atom stereocenters. The molecule has 0 aliphatic carbocycles. The summed E-state index contributed by atoms with van der Waals surface area (Å²) in [5, 5.41) is 23.9. The van der Waals surface area contributed by atoms with E-state index in [1.165, 1.54) is 0 Å². The lowest BCUT2D eigenvalue weighted by atomic mass is 10.0. The van der Waals surface area contributed by atoms with E-state index in [-0.39, 0.29) is 13.2 Å². The molecule has 0 saturated carbocycles. The fourth-order valence-corrected chi connectivity index (χ4v) is 3.01. The number of aliphatic hydroxyl groups excluding tert-OH is 2. The third kappa shape index (κ3) is 4.43. The van der Waals surface area contributed by atoms with Crippen LogP contribution >= 0.6 is 15.9 Å². The summed E-state index contributed by atoms with van der Waals surface area (Å²) in [5.41, 5.74) is 2.28. The van der Waals surface area contributed by atoms with Gasteiger partial charge in [-0.25, -0.2) is 4.79 Å². The molecule has 0 fully saturated rings. The Labute approximate surface area is 158 Å². The average Bonchev–Trinajstić information content (AvgIpc) is 3.07. The molecule has 6 nitrogen and oxygen atoms in total. The van der Waals surface area contributed by atoms with E-state index in [2.05, 4.69) is 26.2 Å². The summed E-state index contributed by atoms with van der Waals surface area (Å²) in [6, 6.07) is 14.9. The van der Waals surface area contributed by atoms with Gasteiger partial charge in [0.2, 0.25) is 0 Å². The van der Waals surface area contributed by atoms with Crippen LogP contribution in [-0.2, 0) is 11.3 Å². The van der Waals surface area contributed by atoms with Crippen molar-refractivity contribution in [2.45, 2.75) is 18.8 Å². The van der Waals surface area contributed by atoms with Crippen molar-refractivity contribution in [1.82, 2.24) is 10.3 Å². The zero-order chi connectivity index (χ0) is 18.5. The van der Waals surface area contributed by atoms with Crippen LogP contribution in [0.1, 0.15) is 17.2 Å². The van der Waals surface area contributed by atoms with E-state index in [9.17, 15) is 15.0 Å². The van der Waals surface area contributed by atoms with E-state index in [0.29, 0.717) is 5.56 Å². The van der Waals surface area contributed by atoms with E-state index in [1.54, 1.807) is 6.20 Å². The second kappa shape index (κ2) is 8.35. The monoisotopic (exact) mass is 418 g/mol. The van der Waals surface area contributed by atoms with Crippen molar-refractivity contribution in [2.24, 2.45) is 0 Å². The number of hydrogen-bond acceptors (Lipinski definition) is 4. The molecule has 0 aliphatic rings. The van der Waals surface area contributed by atoms with Gasteiger partial charge in [0.15, 0.2) is 0 Å². The number of aromatic amines is 1. The standard InChI is InChI=1S/C19H19BrN2O4/c20-13-6-7-14-15(9-21-16(14)8-13)18(24)17(23)10-22-19(25)26-11-12-4-2-1-3-5-12/h1-9,17-18,21,23-24H,10-11H2,(H,22,25). The van der Waals surface area contributed by atoms with E-state index >= 15 is 0 Å². The van der Waals surface area contributed by atoms with Gasteiger partial charge in [0.25, 0.3) is 0 Å². The van der Waals surface area contributed by atoms with Crippen LogP contribution in [0, 0.1) is 0 Å². The number of aliphatic hydroxyl groups is 2. The molecule has 1 heterocycles. The van der Waals surface area contributed by atoms with Crippen molar-refractivity contribution in [2.75, 3.05) is 6.54 Å². The van der Waals surface area contributed by atoms with Crippen LogP contribution in [0.3, 0.4) is 0 Å². The second-order valence-corrected chi connectivity index (χ2v) is 6.80. The van der Waals surface area contributed by atoms with Gasteiger partial charge >= 0.3 is 6.09 Å². The fraction of sp³-hybridized carbons (Fsp3) is 0.211. The van der Waals surface area contributed by atoms with Crippen LogP contribution in [0.15, 0.2) is 59.2 Å². The Balaban J connectivity index is 1.53. The predicted octanol–water partition coefficient (Wildman–Crippen LogP) is 3.25. The molecule has 0 aliphatic heterocycles. The van der Waals surface area contributed by atoms with Crippen molar-refractivity contribution in [3.05, 3.63) is 70.3 Å². The second-order valence-electron chi connectivity index (χ2n) is 5.89. The summed E-state index contributed by atoms with van der Waals surface area (Å²) in [4.78, 5) is 14.8. The molecule has 1 amide bonds. The number of carbonyl (C=O) groups excluding carboxylic acids is 1. The van der Waals surface area contributed by atoms with Gasteiger partial charge in [0.05, 0.1) is 0 Å². The molecule has 2 atom stereocenters. The van der Waals surface area contributed by atoms with Gasteiger partial charge in [-0.3, -0.25) is 0 Å². The molecule has 0 saturated heterocycles. The van der Waals surface area contributed by atoms with Crippen LogP contribution < -0.4 is 5.32 Å². The van der Waals surface area contributed by atoms with Crippen molar-refractivity contribution in [3.8, 4) is 0 Å². The minimum atomic E-state index is -1.16. The number of H-pyrrole nitrogens is 1. The zero-order valence-electron chi connectivity index (χ0n) is 13.9. The molecule has 3 aromatic rings. The molecule has 0 spiro atoms. The maximum absolute atomic E-state index is 11.7. The van der Waals surface area contributed by atoms with E-state index in [1.807, 2.05) is 48.5 Å². The number of fused-ring (bicyclic) bond motifs is 1. The third-order valence-corrected chi connectivity index (χ3v) is 4.52. The highest BCUT2D eigenvalue weighted by atomic mass is 79.9. The van der Waals surface area contributed by atoms with Crippen LogP contribution in [0.2, 0.25) is 0 Å². The van der Waals surface area contributed by atoms with E-state index < -0.39 is 18.3 Å². The predicted molar refractivity (Wildman–Crippen MR) is 102 cm³/mol. The molecule has 0 bridgehead atoms. The molecule has 0 radical (unpaired) electrons. The van der Waals surface area contributed by atoms with Crippen molar-refractivity contribution in [1.29, 1.82) is 0 Å². The number of benzene rings is 2. The Bertz CT molecular complexity index is 882. The fourth-order valence-electron chi connectivity index (χ4n) is 2.65. The minimum absolute atomic E-state index is 0.127. The Morgan fingerprint density at radius 1 is 1.19 bits per heavy atom. The Morgan fingerprint density at radius 3 is 2.73 bits per heavy atom. The van der Waals surface area contributed by atoms with Gasteiger partial charge in [-0.15, -0.1) is 0 Å². The highest BCUT2D eigenvalue weighted by molar-refractivity contribution is 9.10. The molecule has 136 valence electrons. The molecule has 1 aromatic heterocycles. The van der Waals surface area contributed by atoms with Gasteiger partial charge < -0.3 is 25.3 Å². The number of aromatic nitrogens is 1. The number of rotatable bonds is 6. The van der Waals surface area contributed by atoms with E-state index in [4.69, 9.17) is 4.74 Å². The first-order chi connectivity index (χ1) is 12.5. The van der Waals surface area contributed by atoms with Gasteiger partial charge in [-0.1, -0.05) is 52.3 Å². The lowest BCUT2D eigenvalue weighted by Gasteiger charge is -2.18. The van der Waals surface area contributed by atoms with Crippen LogP contribution in [0.4, 0.5) is 4.79 Å². The van der Waals surface area contributed by atoms with Crippen molar-refractivity contribution < 1.29 is 19.7 Å². The first kappa shape index (κ1) is 18.4. The van der Waals surface area contributed by atoms with Crippen LogP contribution in [0.25, 0.3) is 10.9 Å². The first-order valence-electron chi connectivity index (χ1n) is 8.12. The normalized spacial score (nSPS) is 13.3. The summed E-state index contributed by atoms with van der Waals surface area (Å²) in [5.74, 6) is 0. The van der Waals surface area contributed by atoms with Crippen LogP contribution in [0.5, 0.6) is 0 Å². The number of nitrogens with one attached hydrogen (secondary N) is 2. The van der Waals surface area contributed by atoms with Crippen molar-refractivity contribution >= 4 is 32.9 Å². The Kier molecular flexibility index (Phi) is 5.92. The highest BCUT2D eigenvalue weighted by Gasteiger charge is 2.22. The van der Waals surface area contributed by atoms with Crippen LogP contribution in [-0.4, -0.2) is 33.9 Å². The number of carbonyl (C=O) groups is 1. The minimum Gasteiger partial charge on any atom is -0.445 e. The van der Waals surface area contributed by atoms with Crippen molar-refractivity contribution in [3.63, 3.8) is 0 Å². The van der Waals surface area contributed by atoms with Gasteiger partial charge in [0.1, 0.15) is 18.8 Å². The zero-order valence-corrected chi connectivity index (χ0v) is 15.4. The molecule has 26 heavy (non-hydrogen) atoms. The number of hydrogen-bond donors (Lipinski definition) is 4. The quantitative estimate of drug-likeness (QED) is 0.494. The molecular weight excluding hydrogens is 400 g/mol. The van der Waals surface area contributed by atoms with Gasteiger partial charge in [-0.05, 0) is 17.7 Å². The topological polar surface area (TPSA) is 94.6 Å². The van der Waals surface area contributed by atoms with Gasteiger partial charge in [0, 0.05) is 33.7 Å². The first-order valence-corrected chi connectivity index (χ1v) is 8.91. The lowest BCUT2D eigenvalue weighted by molar-refractivity contribution is 0.0192. The van der Waals surface area contributed by atoms with Gasteiger partial charge in [-0.2, -0.15) is 0 Å². The summed E-state index contributed by atoms with van der Waals surface area (Å²) >= 11 is 3.39. The number of alkyl carbamates (subject to hydrolysis) is 1. The number of amides is 1. The van der Waals surface area contributed by atoms with E-state index in [0.717, 1.165) is 20.9 Å². The number of halogens is 1. The molecule has 2 aromatic carbocycles. The maximum Gasteiger partial charge on any atom is 0.407 e. The summed E-state index contributed by atoms with van der Waals surface area (Å²) in [7, 11) is 0. The summed E-state index contributed by atoms with van der Waals surface area (Å²) in [6.45, 7) is 0.0145. The number of ether oxygens (including phenoxy) is 1. The average molecular weight is 419 g/mol.